The number of thioether (sulfide) groups is 1. The summed E-state index contributed by atoms with van der Waals surface area (Å²) >= 11 is 13.4. The molecule has 37 heavy (non-hydrogen) atoms. The van der Waals surface area contributed by atoms with Crippen LogP contribution < -0.4 is 11.2 Å². The maximum absolute atomic E-state index is 14.8. The molecule has 0 saturated carbocycles. The molecule has 4 rings (SSSR count). The third-order valence-electron chi connectivity index (χ3n) is 5.52. The van der Waals surface area contributed by atoms with E-state index in [1.165, 1.54) is 4.90 Å². The lowest BCUT2D eigenvalue weighted by atomic mass is 10.1. The molecule has 2 heterocycles. The molecule has 3 aromatic rings. The number of amides is 1. The minimum Gasteiger partial charge on any atom is -0.292 e. The molecule has 0 N–H and O–H groups in total. The number of carbonyl (C=O) groups is 1. The lowest BCUT2D eigenvalue weighted by Crippen LogP contribution is -2.41. The van der Waals surface area contributed by atoms with Gasteiger partial charge < -0.3 is 0 Å². The minimum absolute atomic E-state index is 0.0724. The Bertz CT molecular complexity index is 1580. The van der Waals surface area contributed by atoms with Gasteiger partial charge in [0.15, 0.2) is 5.17 Å². The molecule has 1 saturated heterocycles. The van der Waals surface area contributed by atoms with Crippen LogP contribution in [-0.4, -0.2) is 30.9 Å². The summed E-state index contributed by atoms with van der Waals surface area (Å²) in [7, 11) is 0.812. The van der Waals surface area contributed by atoms with Gasteiger partial charge in [-0.25, -0.2) is 18.7 Å². The van der Waals surface area contributed by atoms with Gasteiger partial charge >= 0.3 is 11.9 Å². The van der Waals surface area contributed by atoms with Crippen molar-refractivity contribution in [2.24, 2.45) is 12.0 Å². The number of aromatic nitrogens is 2. The highest BCUT2D eigenvalue weighted by molar-refractivity contribution is 8.15. The Morgan fingerprint density at radius 3 is 2.41 bits per heavy atom. The monoisotopic (exact) mass is 574 g/mol. The standard InChI is InChI=1S/C23H16Cl2F4N4O3S/c1-11-3-4-12(5-13(11)24)9-32-20(35)10-37-21(32)30-16-7-17(15(26)6-14(16)25)33-19(34)8-18(23(27,28)29)31(2)22(33)36/h3-8H,9-10H2,1-2H3/b30-21-. The molecule has 7 nitrogen and oxygen atoms in total. The summed E-state index contributed by atoms with van der Waals surface area (Å²) in [5, 5.41) is 0.530. The summed E-state index contributed by atoms with van der Waals surface area (Å²) in [6.07, 6.45) is -4.97. The number of alkyl halides is 3. The van der Waals surface area contributed by atoms with Crippen molar-refractivity contribution in [3.05, 3.63) is 89.9 Å². The average Bonchev–Trinajstić information content (AvgIpc) is 3.14. The fourth-order valence-corrected chi connectivity index (χ4v) is 4.85. The van der Waals surface area contributed by atoms with Crippen LogP contribution in [0.1, 0.15) is 16.8 Å². The largest absolute Gasteiger partial charge is 0.431 e. The molecule has 0 atom stereocenters. The molecule has 1 amide bonds. The van der Waals surface area contributed by atoms with Gasteiger partial charge in [0.05, 0.1) is 28.7 Å². The van der Waals surface area contributed by atoms with Gasteiger partial charge in [0.2, 0.25) is 5.91 Å². The van der Waals surface area contributed by atoms with Crippen LogP contribution in [0.25, 0.3) is 5.69 Å². The normalized spacial score (nSPS) is 15.2. The van der Waals surface area contributed by atoms with Crippen molar-refractivity contribution in [3.8, 4) is 5.69 Å². The van der Waals surface area contributed by atoms with Gasteiger partial charge in [0.25, 0.3) is 5.56 Å². The highest BCUT2D eigenvalue weighted by atomic mass is 35.5. The molecule has 1 aliphatic rings. The molecule has 194 valence electrons. The second kappa shape index (κ2) is 9.99. The molecule has 0 radical (unpaired) electrons. The summed E-state index contributed by atoms with van der Waals surface area (Å²) in [5.41, 5.74) is -3.45. The van der Waals surface area contributed by atoms with Crippen LogP contribution >= 0.6 is 35.0 Å². The van der Waals surface area contributed by atoms with E-state index in [0.29, 0.717) is 5.02 Å². The second-order valence-corrected chi connectivity index (χ2v) is 9.80. The number of carbonyl (C=O) groups excluding carboxylic acids is 1. The summed E-state index contributed by atoms with van der Waals surface area (Å²) in [4.78, 5) is 43.3. The Hall–Kier alpha value is -3.09. The highest BCUT2D eigenvalue weighted by Crippen LogP contribution is 2.33. The van der Waals surface area contributed by atoms with Gasteiger partial charge in [-0.15, -0.1) is 0 Å². The average molecular weight is 575 g/mol. The van der Waals surface area contributed by atoms with Crippen LogP contribution in [0.2, 0.25) is 10.0 Å². The Morgan fingerprint density at radius 1 is 1.05 bits per heavy atom. The first-order valence-corrected chi connectivity index (χ1v) is 12.2. The number of halogens is 6. The van der Waals surface area contributed by atoms with E-state index in [1.54, 1.807) is 18.2 Å². The van der Waals surface area contributed by atoms with Crippen molar-refractivity contribution in [1.82, 2.24) is 14.0 Å². The molecule has 0 bridgehead atoms. The van der Waals surface area contributed by atoms with E-state index in [9.17, 15) is 31.9 Å². The number of hydrogen-bond donors (Lipinski definition) is 0. The predicted octanol–water partition coefficient (Wildman–Crippen LogP) is 5.07. The zero-order valence-corrected chi connectivity index (χ0v) is 21.4. The van der Waals surface area contributed by atoms with Crippen LogP contribution in [0.3, 0.4) is 0 Å². The molecule has 2 aromatic carbocycles. The van der Waals surface area contributed by atoms with E-state index < -0.39 is 34.6 Å². The number of rotatable bonds is 4. The fourth-order valence-electron chi connectivity index (χ4n) is 3.56. The summed E-state index contributed by atoms with van der Waals surface area (Å²) in [6.45, 7) is 1.97. The van der Waals surface area contributed by atoms with E-state index in [1.807, 2.05) is 6.92 Å². The summed E-state index contributed by atoms with van der Waals surface area (Å²) < 4.78 is 54.8. The van der Waals surface area contributed by atoms with Crippen molar-refractivity contribution in [3.63, 3.8) is 0 Å². The van der Waals surface area contributed by atoms with E-state index in [2.05, 4.69) is 4.99 Å². The number of hydrogen-bond acceptors (Lipinski definition) is 5. The molecule has 0 unspecified atom stereocenters. The zero-order chi connectivity index (χ0) is 27.2. The van der Waals surface area contributed by atoms with Crippen molar-refractivity contribution in [2.45, 2.75) is 19.6 Å². The van der Waals surface area contributed by atoms with Gasteiger partial charge in [0, 0.05) is 18.1 Å². The minimum atomic E-state index is -4.97. The Morgan fingerprint density at radius 2 is 1.76 bits per heavy atom. The number of benzene rings is 2. The first-order chi connectivity index (χ1) is 17.3. The van der Waals surface area contributed by atoms with Crippen molar-refractivity contribution in [1.29, 1.82) is 0 Å². The zero-order valence-electron chi connectivity index (χ0n) is 19.1. The molecule has 1 aliphatic heterocycles. The smallest absolute Gasteiger partial charge is 0.292 e. The van der Waals surface area contributed by atoms with E-state index in [-0.39, 0.29) is 49.3 Å². The van der Waals surface area contributed by atoms with Crippen LogP contribution in [0.5, 0.6) is 0 Å². The SMILES string of the molecule is Cc1ccc(CN2C(=O)CS/C2=N\c2cc(-n3c(=O)cc(C(F)(F)F)n(C)c3=O)c(F)cc2Cl)cc1Cl. The van der Waals surface area contributed by atoms with E-state index in [4.69, 9.17) is 23.2 Å². The highest BCUT2D eigenvalue weighted by Gasteiger charge is 2.35. The van der Waals surface area contributed by atoms with Crippen LogP contribution in [0, 0.1) is 12.7 Å². The molecule has 1 fully saturated rings. The molecule has 0 spiro atoms. The maximum Gasteiger partial charge on any atom is 0.431 e. The van der Waals surface area contributed by atoms with E-state index in [0.717, 1.165) is 42.1 Å². The number of aryl methyl sites for hydroxylation is 1. The summed E-state index contributed by atoms with van der Waals surface area (Å²) in [6, 6.07) is 7.25. The van der Waals surface area contributed by atoms with Gasteiger partial charge in [-0.2, -0.15) is 13.2 Å². The molecule has 1 aromatic heterocycles. The second-order valence-electron chi connectivity index (χ2n) is 8.04. The lowest BCUT2D eigenvalue weighted by Gasteiger charge is -2.17. The number of amidine groups is 1. The number of aliphatic imine (C=N–C) groups is 1. The van der Waals surface area contributed by atoms with Crippen molar-refractivity contribution in [2.75, 3.05) is 5.75 Å². The third-order valence-corrected chi connectivity index (χ3v) is 7.19. The van der Waals surface area contributed by atoms with Crippen LogP contribution in [0.15, 0.2) is 51.0 Å². The van der Waals surface area contributed by atoms with E-state index >= 15 is 0 Å². The lowest BCUT2D eigenvalue weighted by molar-refractivity contribution is -0.144. The molecule has 0 aliphatic carbocycles. The van der Waals surface area contributed by atoms with Crippen LogP contribution in [0.4, 0.5) is 23.2 Å². The van der Waals surface area contributed by atoms with Gasteiger partial charge in [-0.05, 0) is 36.2 Å². The topological polar surface area (TPSA) is 76.7 Å². The summed E-state index contributed by atoms with van der Waals surface area (Å²) in [5.74, 6) is -1.32. The Kier molecular flexibility index (Phi) is 7.28. The van der Waals surface area contributed by atoms with Gasteiger partial charge in [-0.3, -0.25) is 19.1 Å². The quantitative estimate of drug-likeness (QED) is 0.407. The van der Waals surface area contributed by atoms with Crippen molar-refractivity contribution < 1.29 is 22.4 Å². The third kappa shape index (κ3) is 5.32. The molecular formula is C23H16Cl2F4N4O3S. The van der Waals surface area contributed by atoms with Crippen molar-refractivity contribution >= 4 is 51.7 Å². The Balaban J connectivity index is 1.79. The first kappa shape index (κ1) is 27.0. The van der Waals surface area contributed by atoms with Gasteiger partial charge in [0.1, 0.15) is 11.5 Å². The molecule has 14 heteroatoms. The van der Waals surface area contributed by atoms with Crippen LogP contribution in [-0.2, 0) is 24.6 Å². The Labute approximate surface area is 220 Å². The van der Waals surface area contributed by atoms with Gasteiger partial charge in [-0.1, -0.05) is 47.1 Å². The first-order valence-electron chi connectivity index (χ1n) is 10.4. The predicted molar refractivity (Wildman–Crippen MR) is 134 cm³/mol. The fraction of sp³-hybridized carbons (Fsp3) is 0.217. The maximum atomic E-state index is 14.8. The molecular weight excluding hydrogens is 559 g/mol. The number of nitrogens with zero attached hydrogens (tertiary/aromatic N) is 4.